The van der Waals surface area contributed by atoms with E-state index in [-0.39, 0.29) is 6.10 Å². The summed E-state index contributed by atoms with van der Waals surface area (Å²) in [7, 11) is 4.20. The second-order valence-corrected chi connectivity index (χ2v) is 7.33. The number of fused-ring (bicyclic) bond motifs is 1. The van der Waals surface area contributed by atoms with Crippen molar-refractivity contribution in [1.82, 2.24) is 14.7 Å². The quantitative estimate of drug-likeness (QED) is 0.910. The summed E-state index contributed by atoms with van der Waals surface area (Å²) in [4.78, 5) is 7.23. The van der Waals surface area contributed by atoms with Gasteiger partial charge in [0, 0.05) is 44.8 Å². The highest BCUT2D eigenvalue weighted by Crippen LogP contribution is 2.26. The van der Waals surface area contributed by atoms with Crippen molar-refractivity contribution in [2.75, 3.05) is 33.7 Å². The first-order valence-electron chi connectivity index (χ1n) is 8.40. The van der Waals surface area contributed by atoms with Crippen LogP contribution in [0.4, 0.5) is 0 Å². The summed E-state index contributed by atoms with van der Waals surface area (Å²) in [6, 6.07) is 10.1. The predicted octanol–water partition coefficient (Wildman–Crippen LogP) is 1.39. The Kier molecular flexibility index (Phi) is 4.83. The van der Waals surface area contributed by atoms with Crippen LogP contribution in [0.25, 0.3) is 0 Å². The summed E-state index contributed by atoms with van der Waals surface area (Å²) in [5, 5.41) is 9.86. The molecule has 3 atom stereocenters. The topological polar surface area (TPSA) is 30.0 Å². The lowest BCUT2D eigenvalue weighted by molar-refractivity contribution is 0.0528. The zero-order valence-corrected chi connectivity index (χ0v) is 14.1. The van der Waals surface area contributed by atoms with Crippen molar-refractivity contribution in [3.05, 3.63) is 35.4 Å². The standard InChI is InChI=1S/C18H29N3O/c1-14-9-21-13-18(22)8-17(21)12-20(14)11-16-6-4-15(5-7-16)10-19(2)3/h4-7,14,17-18,22H,8-13H2,1-3H3/t14-,17?,18+/m0/s1. The van der Waals surface area contributed by atoms with E-state index >= 15 is 0 Å². The van der Waals surface area contributed by atoms with Crippen molar-refractivity contribution in [1.29, 1.82) is 0 Å². The largest absolute Gasteiger partial charge is 0.392 e. The minimum absolute atomic E-state index is 0.123. The average molecular weight is 303 g/mol. The zero-order valence-electron chi connectivity index (χ0n) is 14.1. The minimum atomic E-state index is -0.123. The molecule has 22 heavy (non-hydrogen) atoms. The average Bonchev–Trinajstić information content (AvgIpc) is 2.80. The van der Waals surface area contributed by atoms with Gasteiger partial charge in [-0.05, 0) is 38.6 Å². The van der Waals surface area contributed by atoms with Gasteiger partial charge in [0.05, 0.1) is 6.10 Å². The van der Waals surface area contributed by atoms with Crippen molar-refractivity contribution >= 4 is 0 Å². The molecule has 2 saturated heterocycles. The highest BCUT2D eigenvalue weighted by Gasteiger charge is 2.37. The van der Waals surface area contributed by atoms with Crippen LogP contribution in [-0.2, 0) is 13.1 Å². The number of hydrogen-bond acceptors (Lipinski definition) is 4. The zero-order chi connectivity index (χ0) is 15.7. The molecule has 1 aromatic rings. The summed E-state index contributed by atoms with van der Waals surface area (Å²) < 4.78 is 0. The van der Waals surface area contributed by atoms with Gasteiger partial charge in [-0.1, -0.05) is 24.3 Å². The van der Waals surface area contributed by atoms with Crippen molar-refractivity contribution in [3.8, 4) is 0 Å². The molecule has 0 amide bonds. The molecule has 2 aliphatic heterocycles. The number of hydrogen-bond donors (Lipinski definition) is 1. The summed E-state index contributed by atoms with van der Waals surface area (Å²) in [5.74, 6) is 0. The molecule has 0 aromatic heterocycles. The van der Waals surface area contributed by atoms with Gasteiger partial charge >= 0.3 is 0 Å². The van der Waals surface area contributed by atoms with E-state index in [2.05, 4.69) is 60.0 Å². The van der Waals surface area contributed by atoms with Gasteiger partial charge in [-0.2, -0.15) is 0 Å². The molecule has 1 aromatic carbocycles. The minimum Gasteiger partial charge on any atom is -0.392 e. The van der Waals surface area contributed by atoms with Gasteiger partial charge in [-0.3, -0.25) is 9.80 Å². The molecule has 4 nitrogen and oxygen atoms in total. The van der Waals surface area contributed by atoms with Gasteiger partial charge in [-0.15, -0.1) is 0 Å². The Balaban J connectivity index is 1.60. The Morgan fingerprint density at radius 1 is 1.09 bits per heavy atom. The maximum absolute atomic E-state index is 9.86. The van der Waals surface area contributed by atoms with Gasteiger partial charge in [0.2, 0.25) is 0 Å². The lowest BCUT2D eigenvalue weighted by atomic mass is 10.1. The Hall–Kier alpha value is -0.940. The molecule has 0 spiro atoms. The fourth-order valence-electron chi connectivity index (χ4n) is 3.85. The fourth-order valence-corrected chi connectivity index (χ4v) is 3.85. The molecule has 1 unspecified atom stereocenters. The molecule has 2 heterocycles. The van der Waals surface area contributed by atoms with Crippen LogP contribution in [0.5, 0.6) is 0 Å². The van der Waals surface area contributed by atoms with E-state index in [1.807, 2.05) is 0 Å². The van der Waals surface area contributed by atoms with Crippen molar-refractivity contribution in [2.45, 2.75) is 44.6 Å². The number of piperazine rings is 1. The Morgan fingerprint density at radius 3 is 2.45 bits per heavy atom. The van der Waals surface area contributed by atoms with Gasteiger partial charge in [0.25, 0.3) is 0 Å². The summed E-state index contributed by atoms with van der Waals surface area (Å²) in [6.07, 6.45) is 0.813. The number of benzene rings is 1. The molecule has 0 aliphatic carbocycles. The smallest absolute Gasteiger partial charge is 0.0682 e. The van der Waals surface area contributed by atoms with E-state index in [0.29, 0.717) is 12.1 Å². The molecule has 0 bridgehead atoms. The van der Waals surface area contributed by atoms with Crippen molar-refractivity contribution in [3.63, 3.8) is 0 Å². The normalized spacial score (nSPS) is 30.0. The molecule has 2 aliphatic rings. The maximum Gasteiger partial charge on any atom is 0.0682 e. The Bertz CT molecular complexity index is 488. The lowest BCUT2D eigenvalue weighted by Crippen LogP contribution is -2.54. The van der Waals surface area contributed by atoms with Crippen LogP contribution in [0.15, 0.2) is 24.3 Å². The van der Waals surface area contributed by atoms with Crippen molar-refractivity contribution < 1.29 is 5.11 Å². The van der Waals surface area contributed by atoms with Crippen LogP contribution in [0.3, 0.4) is 0 Å². The molecular weight excluding hydrogens is 274 g/mol. The summed E-state index contributed by atoms with van der Waals surface area (Å²) in [6.45, 7) is 7.35. The second kappa shape index (κ2) is 6.67. The Labute approximate surface area is 134 Å². The number of nitrogens with zero attached hydrogens (tertiary/aromatic N) is 3. The van der Waals surface area contributed by atoms with Gasteiger partial charge in [0.1, 0.15) is 0 Å². The van der Waals surface area contributed by atoms with E-state index in [4.69, 9.17) is 0 Å². The summed E-state index contributed by atoms with van der Waals surface area (Å²) in [5.41, 5.74) is 2.76. The highest BCUT2D eigenvalue weighted by atomic mass is 16.3. The third-order valence-electron chi connectivity index (χ3n) is 4.98. The van der Waals surface area contributed by atoms with Crippen LogP contribution in [-0.4, -0.2) is 71.7 Å². The molecule has 0 radical (unpaired) electrons. The molecule has 122 valence electrons. The first kappa shape index (κ1) is 15.9. The first-order chi connectivity index (χ1) is 10.5. The third-order valence-corrected chi connectivity index (χ3v) is 4.98. The van der Waals surface area contributed by atoms with Crippen LogP contribution < -0.4 is 0 Å². The molecule has 3 rings (SSSR count). The Morgan fingerprint density at radius 2 is 1.77 bits per heavy atom. The number of rotatable bonds is 4. The van der Waals surface area contributed by atoms with Gasteiger partial charge in [0.15, 0.2) is 0 Å². The highest BCUT2D eigenvalue weighted by molar-refractivity contribution is 5.22. The number of aliphatic hydroxyl groups is 1. The summed E-state index contributed by atoms with van der Waals surface area (Å²) >= 11 is 0. The van der Waals surface area contributed by atoms with E-state index in [9.17, 15) is 5.11 Å². The monoisotopic (exact) mass is 303 g/mol. The van der Waals surface area contributed by atoms with E-state index in [0.717, 1.165) is 39.1 Å². The molecular formula is C18H29N3O. The van der Waals surface area contributed by atoms with Crippen LogP contribution in [0, 0.1) is 0 Å². The maximum atomic E-state index is 9.86. The van der Waals surface area contributed by atoms with E-state index in [1.165, 1.54) is 11.1 Å². The molecule has 2 fully saturated rings. The molecule has 0 saturated carbocycles. The van der Waals surface area contributed by atoms with E-state index < -0.39 is 0 Å². The number of aliphatic hydroxyl groups excluding tert-OH is 1. The van der Waals surface area contributed by atoms with Crippen LogP contribution in [0.1, 0.15) is 24.5 Å². The van der Waals surface area contributed by atoms with Crippen LogP contribution in [0.2, 0.25) is 0 Å². The SMILES string of the molecule is C[C@H]1CN2C[C@H](O)CC2CN1Cc1ccc(CN(C)C)cc1. The van der Waals surface area contributed by atoms with Crippen molar-refractivity contribution in [2.24, 2.45) is 0 Å². The second-order valence-electron chi connectivity index (χ2n) is 7.33. The van der Waals surface area contributed by atoms with Gasteiger partial charge in [-0.25, -0.2) is 0 Å². The lowest BCUT2D eigenvalue weighted by Gasteiger charge is -2.42. The van der Waals surface area contributed by atoms with Gasteiger partial charge < -0.3 is 10.0 Å². The third kappa shape index (κ3) is 3.69. The fraction of sp³-hybridized carbons (Fsp3) is 0.667. The first-order valence-corrected chi connectivity index (χ1v) is 8.40. The van der Waals surface area contributed by atoms with E-state index in [1.54, 1.807) is 0 Å². The molecule has 4 heteroatoms. The predicted molar refractivity (Wildman–Crippen MR) is 89.7 cm³/mol. The molecule has 1 N–H and O–H groups in total. The van der Waals surface area contributed by atoms with Crippen LogP contribution >= 0.6 is 0 Å².